The van der Waals surface area contributed by atoms with Crippen LogP contribution >= 0.6 is 0 Å². The number of carbonyl (C=O) groups is 1. The van der Waals surface area contributed by atoms with Crippen LogP contribution in [0.1, 0.15) is 27.3 Å². The summed E-state index contributed by atoms with van der Waals surface area (Å²) in [7, 11) is 0. The minimum absolute atomic E-state index is 0.240. The molecule has 5 heteroatoms. The SMILES string of the molecule is Cc1cc(C(=O)Nc2ccccc2C)nc(NCCc2ccccc2)n1. The molecule has 0 fully saturated rings. The first-order chi connectivity index (χ1) is 12.6. The molecular weight excluding hydrogens is 324 g/mol. The summed E-state index contributed by atoms with van der Waals surface area (Å²) in [4.78, 5) is 21.3. The molecule has 1 amide bonds. The third-order valence-corrected chi connectivity index (χ3v) is 4.02. The number of aryl methyl sites for hydroxylation is 2. The standard InChI is InChI=1S/C21H22N4O/c1-15-8-6-7-11-18(15)24-20(26)19-14-16(2)23-21(25-19)22-13-12-17-9-4-3-5-10-17/h3-11,14H,12-13H2,1-2H3,(H,24,26)(H,22,23,25). The van der Waals surface area contributed by atoms with E-state index in [0.29, 0.717) is 18.2 Å². The number of hydrogen-bond acceptors (Lipinski definition) is 4. The molecule has 0 radical (unpaired) electrons. The lowest BCUT2D eigenvalue weighted by Crippen LogP contribution is -2.17. The molecule has 0 aliphatic carbocycles. The third kappa shape index (κ3) is 4.66. The maximum absolute atomic E-state index is 12.5. The minimum atomic E-state index is -0.240. The van der Waals surface area contributed by atoms with Crippen molar-refractivity contribution in [3.63, 3.8) is 0 Å². The summed E-state index contributed by atoms with van der Waals surface area (Å²) in [5, 5.41) is 6.11. The van der Waals surface area contributed by atoms with Gasteiger partial charge in [-0.25, -0.2) is 9.97 Å². The van der Waals surface area contributed by atoms with Crippen molar-refractivity contribution >= 4 is 17.5 Å². The Morgan fingerprint density at radius 2 is 1.69 bits per heavy atom. The van der Waals surface area contributed by atoms with Crippen LogP contribution in [-0.2, 0) is 6.42 Å². The number of aromatic nitrogens is 2. The van der Waals surface area contributed by atoms with E-state index < -0.39 is 0 Å². The Bertz CT molecular complexity index is 894. The fourth-order valence-corrected chi connectivity index (χ4v) is 2.63. The molecule has 3 aromatic rings. The van der Waals surface area contributed by atoms with Crippen molar-refractivity contribution in [2.24, 2.45) is 0 Å². The molecule has 0 saturated carbocycles. The predicted octanol–water partition coefficient (Wildman–Crippen LogP) is 4.00. The topological polar surface area (TPSA) is 66.9 Å². The Balaban J connectivity index is 1.67. The van der Waals surface area contributed by atoms with Crippen molar-refractivity contribution in [2.45, 2.75) is 20.3 Å². The van der Waals surface area contributed by atoms with Crippen LogP contribution in [0.4, 0.5) is 11.6 Å². The summed E-state index contributed by atoms with van der Waals surface area (Å²) >= 11 is 0. The van der Waals surface area contributed by atoms with E-state index in [1.54, 1.807) is 6.07 Å². The van der Waals surface area contributed by atoms with E-state index in [9.17, 15) is 4.79 Å². The molecule has 1 heterocycles. The molecule has 1 aromatic heterocycles. The van der Waals surface area contributed by atoms with Gasteiger partial charge in [0.2, 0.25) is 5.95 Å². The van der Waals surface area contributed by atoms with Gasteiger partial charge in [-0.3, -0.25) is 4.79 Å². The Morgan fingerprint density at radius 1 is 0.962 bits per heavy atom. The number of carbonyl (C=O) groups excluding carboxylic acids is 1. The van der Waals surface area contributed by atoms with Crippen LogP contribution in [0.2, 0.25) is 0 Å². The van der Waals surface area contributed by atoms with E-state index in [2.05, 4.69) is 32.7 Å². The second kappa shape index (κ2) is 8.25. The van der Waals surface area contributed by atoms with E-state index >= 15 is 0 Å². The molecule has 0 atom stereocenters. The molecule has 0 saturated heterocycles. The van der Waals surface area contributed by atoms with Crippen LogP contribution in [0.5, 0.6) is 0 Å². The molecular formula is C21H22N4O. The second-order valence-electron chi connectivity index (χ2n) is 6.15. The molecule has 3 rings (SSSR count). The molecule has 132 valence electrons. The van der Waals surface area contributed by atoms with Gasteiger partial charge in [-0.05, 0) is 43.5 Å². The molecule has 5 nitrogen and oxygen atoms in total. The number of nitrogens with one attached hydrogen (secondary N) is 2. The van der Waals surface area contributed by atoms with Crippen LogP contribution in [-0.4, -0.2) is 22.4 Å². The van der Waals surface area contributed by atoms with Gasteiger partial charge in [0.1, 0.15) is 5.69 Å². The predicted molar refractivity (Wildman–Crippen MR) is 105 cm³/mol. The van der Waals surface area contributed by atoms with Crippen LogP contribution in [0.3, 0.4) is 0 Å². The van der Waals surface area contributed by atoms with Gasteiger partial charge in [0.05, 0.1) is 0 Å². The molecule has 0 aliphatic heterocycles. The normalized spacial score (nSPS) is 10.4. The number of anilines is 2. The highest BCUT2D eigenvalue weighted by molar-refractivity contribution is 6.03. The monoisotopic (exact) mass is 346 g/mol. The summed E-state index contributed by atoms with van der Waals surface area (Å²) in [5.74, 6) is 0.228. The first-order valence-electron chi connectivity index (χ1n) is 8.62. The largest absolute Gasteiger partial charge is 0.354 e. The van der Waals surface area contributed by atoms with Crippen molar-refractivity contribution in [1.29, 1.82) is 0 Å². The van der Waals surface area contributed by atoms with Gasteiger partial charge >= 0.3 is 0 Å². The number of rotatable bonds is 6. The molecule has 0 spiro atoms. The van der Waals surface area contributed by atoms with Gasteiger partial charge < -0.3 is 10.6 Å². The Morgan fingerprint density at radius 3 is 2.46 bits per heavy atom. The highest BCUT2D eigenvalue weighted by atomic mass is 16.1. The highest BCUT2D eigenvalue weighted by Crippen LogP contribution is 2.15. The fraction of sp³-hybridized carbons (Fsp3) is 0.190. The number of hydrogen-bond donors (Lipinski definition) is 2. The average molecular weight is 346 g/mol. The average Bonchev–Trinajstić information content (AvgIpc) is 2.64. The van der Waals surface area contributed by atoms with Crippen molar-refractivity contribution in [2.75, 3.05) is 17.2 Å². The van der Waals surface area contributed by atoms with Gasteiger partial charge in [0.15, 0.2) is 0 Å². The van der Waals surface area contributed by atoms with Gasteiger partial charge in [-0.2, -0.15) is 0 Å². The third-order valence-electron chi connectivity index (χ3n) is 4.02. The zero-order chi connectivity index (χ0) is 18.4. The van der Waals surface area contributed by atoms with Crippen LogP contribution in [0.15, 0.2) is 60.7 Å². The fourth-order valence-electron chi connectivity index (χ4n) is 2.63. The van der Waals surface area contributed by atoms with Gasteiger partial charge in [0, 0.05) is 17.9 Å². The first kappa shape index (κ1) is 17.6. The Labute approximate surface area is 153 Å². The smallest absolute Gasteiger partial charge is 0.274 e. The Hall–Kier alpha value is -3.21. The second-order valence-corrected chi connectivity index (χ2v) is 6.15. The summed E-state index contributed by atoms with van der Waals surface area (Å²) < 4.78 is 0. The lowest BCUT2D eigenvalue weighted by Gasteiger charge is -2.10. The highest BCUT2D eigenvalue weighted by Gasteiger charge is 2.12. The summed E-state index contributed by atoms with van der Waals surface area (Å²) in [6, 6.07) is 19.6. The van der Waals surface area contributed by atoms with Gasteiger partial charge in [-0.15, -0.1) is 0 Å². The summed E-state index contributed by atoms with van der Waals surface area (Å²) in [6.45, 7) is 4.51. The van der Waals surface area contributed by atoms with Crippen LogP contribution < -0.4 is 10.6 Å². The number of para-hydroxylation sites is 1. The quantitative estimate of drug-likeness (QED) is 0.708. The van der Waals surface area contributed by atoms with E-state index in [-0.39, 0.29) is 5.91 Å². The molecule has 0 bridgehead atoms. The number of amides is 1. The molecule has 0 unspecified atom stereocenters. The molecule has 0 aliphatic rings. The van der Waals surface area contributed by atoms with Crippen LogP contribution in [0.25, 0.3) is 0 Å². The van der Waals surface area contributed by atoms with E-state index in [1.165, 1.54) is 5.56 Å². The summed E-state index contributed by atoms with van der Waals surface area (Å²) in [5.41, 5.74) is 4.13. The maximum Gasteiger partial charge on any atom is 0.274 e. The van der Waals surface area contributed by atoms with Crippen LogP contribution in [0, 0.1) is 13.8 Å². The van der Waals surface area contributed by atoms with Crippen molar-refractivity contribution in [1.82, 2.24) is 9.97 Å². The van der Waals surface area contributed by atoms with E-state index in [4.69, 9.17) is 0 Å². The minimum Gasteiger partial charge on any atom is -0.354 e. The van der Waals surface area contributed by atoms with Gasteiger partial charge in [-0.1, -0.05) is 48.5 Å². The molecule has 2 aromatic carbocycles. The van der Waals surface area contributed by atoms with Crippen molar-refractivity contribution < 1.29 is 4.79 Å². The lowest BCUT2D eigenvalue weighted by atomic mass is 10.1. The van der Waals surface area contributed by atoms with Crippen molar-refractivity contribution in [3.8, 4) is 0 Å². The maximum atomic E-state index is 12.5. The summed E-state index contributed by atoms with van der Waals surface area (Å²) in [6.07, 6.45) is 0.864. The van der Waals surface area contributed by atoms with Crippen molar-refractivity contribution in [3.05, 3.63) is 83.2 Å². The Kier molecular flexibility index (Phi) is 5.59. The first-order valence-corrected chi connectivity index (χ1v) is 8.62. The molecule has 2 N–H and O–H groups in total. The molecule has 26 heavy (non-hydrogen) atoms. The lowest BCUT2D eigenvalue weighted by molar-refractivity contribution is 0.102. The zero-order valence-electron chi connectivity index (χ0n) is 15.0. The number of nitrogens with zero attached hydrogens (tertiary/aromatic N) is 2. The van der Waals surface area contributed by atoms with E-state index in [0.717, 1.165) is 23.4 Å². The van der Waals surface area contributed by atoms with E-state index in [1.807, 2.05) is 56.3 Å². The van der Waals surface area contributed by atoms with Gasteiger partial charge in [0.25, 0.3) is 5.91 Å². The number of benzene rings is 2. The zero-order valence-corrected chi connectivity index (χ0v) is 15.0.